The second-order valence-electron chi connectivity index (χ2n) is 9.95. The number of anilines is 1. The van der Waals surface area contributed by atoms with E-state index in [1.54, 1.807) is 30.4 Å². The van der Waals surface area contributed by atoms with Crippen LogP contribution in [-0.4, -0.2) is 50.3 Å². The first-order valence-electron chi connectivity index (χ1n) is 12.0. The Hall–Kier alpha value is -4.35. The molecule has 0 spiro atoms. The maximum absolute atomic E-state index is 13.8. The van der Waals surface area contributed by atoms with Crippen molar-refractivity contribution in [2.24, 2.45) is 0 Å². The number of likely N-dealkylation sites (tertiary alicyclic amines) is 1. The molecule has 2 heterocycles. The van der Waals surface area contributed by atoms with Crippen LogP contribution in [0, 0.1) is 21.7 Å². The molecule has 1 aromatic heterocycles. The standard InChI is InChI=1S/C26H27F2N5O5/c1-26(2,3)38-25(35)31-12-10-16(11-13-31)23-20(15-29-32(23)19-7-4-17(27)5-8-19)24(34)30-18-6-9-21(28)22(14-18)33(36)37/h4-9,14-16H,10-13H2,1-3H3,(H,30,34). The van der Waals surface area contributed by atoms with Crippen LogP contribution in [0.25, 0.3) is 5.69 Å². The predicted octanol–water partition coefficient (Wildman–Crippen LogP) is 5.43. The number of rotatable bonds is 5. The van der Waals surface area contributed by atoms with E-state index in [1.807, 2.05) is 0 Å². The van der Waals surface area contributed by atoms with Crippen molar-refractivity contribution in [3.8, 4) is 5.69 Å². The van der Waals surface area contributed by atoms with E-state index in [1.165, 1.54) is 36.5 Å². The zero-order valence-corrected chi connectivity index (χ0v) is 21.1. The predicted molar refractivity (Wildman–Crippen MR) is 134 cm³/mol. The average Bonchev–Trinajstić information content (AvgIpc) is 3.30. The monoisotopic (exact) mass is 527 g/mol. The molecule has 10 nitrogen and oxygen atoms in total. The van der Waals surface area contributed by atoms with E-state index < -0.39 is 39.8 Å². The Labute approximate surface area is 217 Å². The van der Waals surface area contributed by atoms with Crippen LogP contribution in [0.2, 0.25) is 0 Å². The van der Waals surface area contributed by atoms with E-state index >= 15 is 0 Å². The van der Waals surface area contributed by atoms with Crippen molar-refractivity contribution in [3.05, 3.63) is 81.7 Å². The highest BCUT2D eigenvalue weighted by molar-refractivity contribution is 6.05. The number of aromatic nitrogens is 2. The van der Waals surface area contributed by atoms with Gasteiger partial charge in [-0.25, -0.2) is 13.9 Å². The van der Waals surface area contributed by atoms with Crippen molar-refractivity contribution in [1.29, 1.82) is 0 Å². The Morgan fingerprint density at radius 1 is 1.11 bits per heavy atom. The quantitative estimate of drug-likeness (QED) is 0.349. The number of hydrogen-bond acceptors (Lipinski definition) is 6. The molecule has 2 amide bonds. The second-order valence-corrected chi connectivity index (χ2v) is 9.95. The molecule has 200 valence electrons. The molecule has 1 aliphatic heterocycles. The fourth-order valence-corrected chi connectivity index (χ4v) is 4.30. The SMILES string of the molecule is CC(C)(C)OC(=O)N1CCC(c2c(C(=O)Nc3ccc(F)c([N+](=O)[O-])c3)cnn2-c2ccc(F)cc2)CC1. The largest absolute Gasteiger partial charge is 0.444 e. The molecule has 0 radical (unpaired) electrons. The van der Waals surface area contributed by atoms with Gasteiger partial charge in [0.25, 0.3) is 5.91 Å². The van der Waals surface area contributed by atoms with Crippen molar-refractivity contribution in [1.82, 2.24) is 14.7 Å². The Morgan fingerprint density at radius 3 is 2.37 bits per heavy atom. The molecular weight excluding hydrogens is 500 g/mol. The molecule has 0 saturated carbocycles. The first kappa shape index (κ1) is 26.7. The number of ether oxygens (including phenoxy) is 1. The van der Waals surface area contributed by atoms with E-state index in [9.17, 15) is 28.5 Å². The van der Waals surface area contributed by atoms with Gasteiger partial charge in [0, 0.05) is 30.8 Å². The van der Waals surface area contributed by atoms with Gasteiger partial charge in [0.05, 0.1) is 28.1 Å². The number of carbonyl (C=O) groups excluding carboxylic acids is 2. The highest BCUT2D eigenvalue weighted by Gasteiger charge is 2.32. The molecule has 1 N–H and O–H groups in total. The summed E-state index contributed by atoms with van der Waals surface area (Å²) in [5, 5.41) is 18.1. The minimum Gasteiger partial charge on any atom is -0.444 e. The maximum atomic E-state index is 13.8. The van der Waals surface area contributed by atoms with Crippen molar-refractivity contribution >= 4 is 23.4 Å². The summed E-state index contributed by atoms with van der Waals surface area (Å²) in [4.78, 5) is 37.7. The molecule has 4 rings (SSSR count). The zero-order valence-electron chi connectivity index (χ0n) is 21.1. The molecule has 1 saturated heterocycles. The average molecular weight is 528 g/mol. The van der Waals surface area contributed by atoms with Gasteiger partial charge in [-0.05, 0) is 70.0 Å². The number of nitro benzene ring substituents is 1. The summed E-state index contributed by atoms with van der Waals surface area (Å²) in [6.07, 6.45) is 1.97. The molecule has 12 heteroatoms. The third-order valence-corrected chi connectivity index (χ3v) is 6.06. The number of nitro groups is 1. The minimum absolute atomic E-state index is 0.0447. The fraction of sp³-hybridized carbons (Fsp3) is 0.346. The summed E-state index contributed by atoms with van der Waals surface area (Å²) in [5.74, 6) is -2.23. The molecule has 1 fully saturated rings. The summed E-state index contributed by atoms with van der Waals surface area (Å²) >= 11 is 0. The van der Waals surface area contributed by atoms with Crippen LogP contribution >= 0.6 is 0 Å². The first-order valence-corrected chi connectivity index (χ1v) is 12.0. The van der Waals surface area contributed by atoms with Gasteiger partial charge < -0.3 is 15.0 Å². The van der Waals surface area contributed by atoms with E-state index in [-0.39, 0.29) is 17.2 Å². The van der Waals surface area contributed by atoms with Crippen LogP contribution in [0.3, 0.4) is 0 Å². The Bertz CT molecular complexity index is 1360. The van der Waals surface area contributed by atoms with Crippen LogP contribution in [0.5, 0.6) is 0 Å². The lowest BCUT2D eigenvalue weighted by molar-refractivity contribution is -0.387. The number of nitrogens with zero attached hydrogens (tertiary/aromatic N) is 4. The number of piperidine rings is 1. The third kappa shape index (κ3) is 5.96. The van der Waals surface area contributed by atoms with Crippen molar-refractivity contribution < 1.29 is 28.0 Å². The van der Waals surface area contributed by atoms with Crippen LogP contribution in [0.15, 0.2) is 48.7 Å². The smallest absolute Gasteiger partial charge is 0.410 e. The van der Waals surface area contributed by atoms with Gasteiger partial charge >= 0.3 is 11.8 Å². The van der Waals surface area contributed by atoms with Crippen molar-refractivity contribution in [3.63, 3.8) is 0 Å². The summed E-state index contributed by atoms with van der Waals surface area (Å²) in [6.45, 7) is 6.15. The number of carbonyl (C=O) groups is 2. The van der Waals surface area contributed by atoms with E-state index in [0.29, 0.717) is 37.3 Å². The molecular formula is C26H27F2N5O5. The molecule has 1 aliphatic rings. The van der Waals surface area contributed by atoms with Gasteiger partial charge in [-0.2, -0.15) is 9.49 Å². The van der Waals surface area contributed by atoms with Gasteiger partial charge in [-0.15, -0.1) is 0 Å². The zero-order chi connectivity index (χ0) is 27.6. The Kier molecular flexibility index (Phi) is 7.42. The topological polar surface area (TPSA) is 120 Å². The fourth-order valence-electron chi connectivity index (χ4n) is 4.30. The highest BCUT2D eigenvalue weighted by Crippen LogP contribution is 2.33. The van der Waals surface area contributed by atoms with Gasteiger partial charge in [-0.1, -0.05) is 0 Å². The van der Waals surface area contributed by atoms with Gasteiger partial charge in [0.1, 0.15) is 11.4 Å². The Morgan fingerprint density at radius 2 is 1.76 bits per heavy atom. The van der Waals surface area contributed by atoms with Crippen molar-refractivity contribution in [2.75, 3.05) is 18.4 Å². The summed E-state index contributed by atoms with van der Waals surface area (Å²) < 4.78 is 34.3. The first-order chi connectivity index (χ1) is 17.9. The molecule has 2 aromatic carbocycles. The van der Waals surface area contributed by atoms with Crippen LogP contribution in [0.4, 0.5) is 25.0 Å². The van der Waals surface area contributed by atoms with Gasteiger partial charge in [-0.3, -0.25) is 14.9 Å². The summed E-state index contributed by atoms with van der Waals surface area (Å²) in [7, 11) is 0. The molecule has 0 bridgehead atoms. The normalized spacial score (nSPS) is 14.3. The van der Waals surface area contributed by atoms with Gasteiger partial charge in [0.15, 0.2) is 0 Å². The summed E-state index contributed by atoms with van der Waals surface area (Å²) in [6, 6.07) is 8.70. The molecule has 38 heavy (non-hydrogen) atoms. The molecule has 0 aliphatic carbocycles. The Balaban J connectivity index is 1.63. The number of hydrogen-bond donors (Lipinski definition) is 1. The molecule has 0 atom stereocenters. The van der Waals surface area contributed by atoms with Crippen molar-refractivity contribution in [2.45, 2.75) is 45.1 Å². The third-order valence-electron chi connectivity index (χ3n) is 6.06. The lowest BCUT2D eigenvalue weighted by Crippen LogP contribution is -2.41. The lowest BCUT2D eigenvalue weighted by atomic mass is 9.90. The van der Waals surface area contributed by atoms with E-state index in [4.69, 9.17) is 4.74 Å². The number of nitrogens with one attached hydrogen (secondary N) is 1. The lowest BCUT2D eigenvalue weighted by Gasteiger charge is -2.34. The summed E-state index contributed by atoms with van der Waals surface area (Å²) in [5.41, 5.74) is -0.0579. The van der Waals surface area contributed by atoms with E-state index in [0.717, 1.165) is 12.1 Å². The van der Waals surface area contributed by atoms with Crippen LogP contribution in [0.1, 0.15) is 55.6 Å². The number of benzene rings is 2. The molecule has 3 aromatic rings. The van der Waals surface area contributed by atoms with Crippen LogP contribution in [-0.2, 0) is 4.74 Å². The number of halogens is 2. The van der Waals surface area contributed by atoms with Crippen LogP contribution < -0.4 is 5.32 Å². The number of amides is 2. The molecule has 0 unspecified atom stereocenters. The maximum Gasteiger partial charge on any atom is 0.410 e. The highest BCUT2D eigenvalue weighted by atomic mass is 19.1. The second kappa shape index (κ2) is 10.6. The van der Waals surface area contributed by atoms with E-state index in [2.05, 4.69) is 10.4 Å². The van der Waals surface area contributed by atoms with Gasteiger partial charge in [0.2, 0.25) is 5.82 Å². The minimum atomic E-state index is -1.02.